The smallest absolute Gasteiger partial charge is 0.220 e. The molecule has 2 N–H and O–H groups in total. The third kappa shape index (κ3) is 8.45. The van der Waals surface area contributed by atoms with E-state index in [0.29, 0.717) is 44.5 Å². The quantitative estimate of drug-likeness (QED) is 0.452. The number of nitrogens with one attached hydrogen (secondary N) is 1. The third-order valence-corrected chi connectivity index (χ3v) is 5.83. The number of Topliss-reactive ketones (excluding diaryl/α,β-unsaturated/α-hetero) is 1. The van der Waals surface area contributed by atoms with Crippen LogP contribution < -0.4 is 10.1 Å². The van der Waals surface area contributed by atoms with E-state index in [-0.39, 0.29) is 42.4 Å². The number of ketones is 1. The predicted octanol–water partition coefficient (Wildman–Crippen LogP) is 4.30. The van der Waals surface area contributed by atoms with Gasteiger partial charge in [-0.2, -0.15) is 0 Å². The van der Waals surface area contributed by atoms with Crippen LogP contribution in [0.4, 0.5) is 4.39 Å². The first-order chi connectivity index (χ1) is 16.3. The second-order valence-corrected chi connectivity index (χ2v) is 9.25. The van der Waals surface area contributed by atoms with E-state index < -0.39 is 6.17 Å². The van der Waals surface area contributed by atoms with Crippen molar-refractivity contribution in [3.63, 3.8) is 0 Å². The van der Waals surface area contributed by atoms with Gasteiger partial charge in [-0.05, 0) is 75.1 Å². The lowest BCUT2D eigenvalue weighted by molar-refractivity contribution is -0.122. The normalized spacial score (nSPS) is 17.0. The van der Waals surface area contributed by atoms with Gasteiger partial charge in [0.2, 0.25) is 5.91 Å². The fourth-order valence-electron chi connectivity index (χ4n) is 4.19. The van der Waals surface area contributed by atoms with Gasteiger partial charge in [0.1, 0.15) is 17.7 Å². The van der Waals surface area contributed by atoms with Crippen LogP contribution in [0.3, 0.4) is 0 Å². The first-order valence-electron chi connectivity index (χ1n) is 12.0. The van der Waals surface area contributed by atoms with E-state index in [2.05, 4.69) is 10.2 Å². The van der Waals surface area contributed by atoms with Crippen LogP contribution >= 0.6 is 0 Å². The molecule has 1 fully saturated rings. The van der Waals surface area contributed by atoms with E-state index in [1.807, 2.05) is 38.1 Å². The molecule has 2 aromatic carbocycles. The molecule has 184 valence electrons. The number of nitrogens with zero attached hydrogens (tertiary/aromatic N) is 1. The number of carbonyl (C=O) groups excluding carboxylic acids is 2. The van der Waals surface area contributed by atoms with Crippen molar-refractivity contribution in [3.8, 4) is 11.5 Å². The van der Waals surface area contributed by atoms with E-state index in [9.17, 15) is 19.1 Å². The van der Waals surface area contributed by atoms with Gasteiger partial charge < -0.3 is 15.2 Å². The van der Waals surface area contributed by atoms with E-state index in [1.54, 1.807) is 12.1 Å². The van der Waals surface area contributed by atoms with Crippen molar-refractivity contribution in [2.75, 3.05) is 19.6 Å². The molecule has 2 unspecified atom stereocenters. The predicted molar refractivity (Wildman–Crippen MR) is 130 cm³/mol. The summed E-state index contributed by atoms with van der Waals surface area (Å²) in [5.74, 6) is 0.747. The van der Waals surface area contributed by atoms with Crippen molar-refractivity contribution in [2.45, 2.75) is 64.3 Å². The van der Waals surface area contributed by atoms with E-state index in [1.165, 1.54) is 12.1 Å². The number of hydrogen-bond donors (Lipinski definition) is 2. The van der Waals surface area contributed by atoms with Crippen LogP contribution in [0.15, 0.2) is 48.5 Å². The highest BCUT2D eigenvalue weighted by atomic mass is 19.1. The van der Waals surface area contributed by atoms with Crippen LogP contribution in [0.2, 0.25) is 0 Å². The molecular formula is C27H35FN2O4. The van der Waals surface area contributed by atoms with Gasteiger partial charge in [0.15, 0.2) is 5.78 Å². The van der Waals surface area contributed by atoms with Crippen LogP contribution in [0.25, 0.3) is 0 Å². The first-order valence-corrected chi connectivity index (χ1v) is 12.0. The monoisotopic (exact) mass is 470 g/mol. The second-order valence-electron chi connectivity index (χ2n) is 9.25. The molecule has 0 radical (unpaired) electrons. The highest BCUT2D eigenvalue weighted by Gasteiger charge is 2.25. The molecule has 1 aliphatic rings. The molecule has 2 aromatic rings. The standard InChI is InChI=1S/C27H35FN2O4/c1-19(2)34-25-12-6-20(7-13-25)16-23(18-30-15-14-22(28)17-30)29-27(33)5-3-4-26(32)21-8-10-24(31)11-9-21/h6-13,19,22-23,31H,3-5,14-18H2,1-2H3,(H,29,33). The van der Waals surface area contributed by atoms with Gasteiger partial charge in [-0.3, -0.25) is 14.5 Å². The Kier molecular flexibility index (Phi) is 9.45. The summed E-state index contributed by atoms with van der Waals surface area (Å²) < 4.78 is 19.4. The molecule has 34 heavy (non-hydrogen) atoms. The summed E-state index contributed by atoms with van der Waals surface area (Å²) in [5.41, 5.74) is 1.59. The largest absolute Gasteiger partial charge is 0.508 e. The molecule has 6 nitrogen and oxygen atoms in total. The summed E-state index contributed by atoms with van der Waals surface area (Å²) in [7, 11) is 0. The minimum absolute atomic E-state index is 0.0564. The summed E-state index contributed by atoms with van der Waals surface area (Å²) in [5, 5.41) is 12.4. The number of halogens is 1. The molecule has 0 aromatic heterocycles. The number of phenols is 1. The molecule has 0 saturated carbocycles. The molecule has 0 bridgehead atoms. The van der Waals surface area contributed by atoms with Crippen LogP contribution in [0, 0.1) is 0 Å². The van der Waals surface area contributed by atoms with Gasteiger partial charge >= 0.3 is 0 Å². The maximum Gasteiger partial charge on any atom is 0.220 e. The Morgan fingerprint density at radius 3 is 2.44 bits per heavy atom. The Bertz CT molecular complexity index is 931. The maximum absolute atomic E-state index is 13.7. The number of rotatable bonds is 12. The Hall–Kier alpha value is -2.93. The van der Waals surface area contributed by atoms with E-state index in [4.69, 9.17) is 4.74 Å². The molecule has 2 atom stereocenters. The van der Waals surface area contributed by atoms with Crippen LogP contribution in [-0.4, -0.2) is 59.6 Å². The highest BCUT2D eigenvalue weighted by molar-refractivity contribution is 5.96. The molecule has 1 heterocycles. The number of alkyl halides is 1. The molecule has 0 spiro atoms. The lowest BCUT2D eigenvalue weighted by atomic mass is 10.0. The third-order valence-electron chi connectivity index (χ3n) is 5.83. The number of carbonyl (C=O) groups is 2. The van der Waals surface area contributed by atoms with Gasteiger partial charge in [0.25, 0.3) is 0 Å². The fourth-order valence-corrected chi connectivity index (χ4v) is 4.19. The minimum Gasteiger partial charge on any atom is -0.508 e. The number of ether oxygens (including phenoxy) is 1. The van der Waals surface area contributed by atoms with Gasteiger partial charge in [-0.1, -0.05) is 12.1 Å². The average Bonchev–Trinajstić information content (AvgIpc) is 3.19. The van der Waals surface area contributed by atoms with E-state index >= 15 is 0 Å². The topological polar surface area (TPSA) is 78.9 Å². The SMILES string of the molecule is CC(C)Oc1ccc(CC(CN2CCC(F)C2)NC(=O)CCCC(=O)c2ccc(O)cc2)cc1. The second kappa shape index (κ2) is 12.5. The zero-order valence-corrected chi connectivity index (χ0v) is 20.0. The number of benzene rings is 2. The summed E-state index contributed by atoms with van der Waals surface area (Å²) >= 11 is 0. The van der Waals surface area contributed by atoms with Crippen molar-refractivity contribution < 1.29 is 23.8 Å². The van der Waals surface area contributed by atoms with Gasteiger partial charge in [0, 0.05) is 44.1 Å². The Morgan fingerprint density at radius 2 is 1.82 bits per heavy atom. The zero-order valence-electron chi connectivity index (χ0n) is 20.0. The molecule has 3 rings (SSSR count). The van der Waals surface area contributed by atoms with Crippen molar-refractivity contribution in [3.05, 3.63) is 59.7 Å². The Labute approximate surface area is 201 Å². The summed E-state index contributed by atoms with van der Waals surface area (Å²) in [6.07, 6.45) is 1.39. The summed E-state index contributed by atoms with van der Waals surface area (Å²) in [6, 6.07) is 13.8. The summed E-state index contributed by atoms with van der Waals surface area (Å²) in [4.78, 5) is 27.0. The van der Waals surface area contributed by atoms with Gasteiger partial charge in [0.05, 0.1) is 6.10 Å². The lowest BCUT2D eigenvalue weighted by Crippen LogP contribution is -2.44. The van der Waals surface area contributed by atoms with Crippen molar-refractivity contribution in [1.29, 1.82) is 0 Å². The van der Waals surface area contributed by atoms with Crippen LogP contribution in [0.5, 0.6) is 11.5 Å². The van der Waals surface area contributed by atoms with E-state index in [0.717, 1.165) is 11.3 Å². The molecule has 0 aliphatic carbocycles. The average molecular weight is 471 g/mol. The zero-order chi connectivity index (χ0) is 24.5. The molecular weight excluding hydrogens is 435 g/mol. The number of phenolic OH excluding ortho intramolecular Hbond substituents is 1. The number of amides is 1. The molecule has 1 saturated heterocycles. The number of hydrogen-bond acceptors (Lipinski definition) is 5. The van der Waals surface area contributed by atoms with Crippen LogP contribution in [-0.2, 0) is 11.2 Å². The van der Waals surface area contributed by atoms with Gasteiger partial charge in [-0.15, -0.1) is 0 Å². The molecule has 1 amide bonds. The van der Waals surface area contributed by atoms with Crippen molar-refractivity contribution >= 4 is 11.7 Å². The first kappa shape index (κ1) is 25.7. The molecule has 1 aliphatic heterocycles. The Morgan fingerprint density at radius 1 is 1.12 bits per heavy atom. The maximum atomic E-state index is 13.7. The van der Waals surface area contributed by atoms with Gasteiger partial charge in [-0.25, -0.2) is 4.39 Å². The lowest BCUT2D eigenvalue weighted by Gasteiger charge is -2.25. The molecule has 7 heteroatoms. The Balaban J connectivity index is 1.53. The fraction of sp³-hybridized carbons (Fsp3) is 0.481. The number of aromatic hydroxyl groups is 1. The minimum atomic E-state index is -0.810. The van der Waals surface area contributed by atoms with Crippen molar-refractivity contribution in [2.24, 2.45) is 0 Å². The van der Waals surface area contributed by atoms with Crippen molar-refractivity contribution in [1.82, 2.24) is 10.2 Å². The van der Waals surface area contributed by atoms with Crippen LogP contribution in [0.1, 0.15) is 55.5 Å². The highest BCUT2D eigenvalue weighted by Crippen LogP contribution is 2.18. The summed E-state index contributed by atoms with van der Waals surface area (Å²) in [6.45, 7) is 5.63. The number of likely N-dealkylation sites (tertiary alicyclic amines) is 1.